The molecule has 0 saturated heterocycles. The number of nitrogen functional groups attached to an aromatic ring is 1. The minimum Gasteiger partial charge on any atom is -0.471 e. The van der Waals surface area contributed by atoms with Crippen molar-refractivity contribution >= 4 is 27.9 Å². The Hall–Kier alpha value is -4.24. The molecular formula is C32H37N7O2. The molecule has 41 heavy (non-hydrogen) atoms. The highest BCUT2D eigenvalue weighted by Crippen LogP contribution is 2.41. The number of aromatic nitrogens is 5. The Bertz CT molecular complexity index is 1730. The summed E-state index contributed by atoms with van der Waals surface area (Å²) in [6.07, 6.45) is 7.15. The Balaban J connectivity index is 1.16. The zero-order chi connectivity index (χ0) is 28.7. The second-order valence-electron chi connectivity index (χ2n) is 11.8. The molecule has 212 valence electrons. The summed E-state index contributed by atoms with van der Waals surface area (Å²) in [6.45, 7) is 8.79. The van der Waals surface area contributed by atoms with Crippen LogP contribution in [0.2, 0.25) is 0 Å². The van der Waals surface area contributed by atoms with Crippen molar-refractivity contribution in [3.8, 4) is 5.88 Å². The molecule has 6 rings (SSSR count). The van der Waals surface area contributed by atoms with Gasteiger partial charge in [-0.25, -0.2) is 19.5 Å². The fraction of sp³-hybridized carbons (Fsp3) is 0.375. The van der Waals surface area contributed by atoms with E-state index in [1.165, 1.54) is 35.9 Å². The standard InChI is InChI=1S/C32H37N7O2/c1-19-11-27-26(8-10-34-31(27)33)20(2)28(19)16-35-29-15-30(37-18-36-29)41-17-23-14-25-13-22(21-5-6-21)12-24(39(25)38-23)7-9-32(3,4)40/h8,10-15,18,21,40H,5-7,9,16-17H2,1-4H3,(H2,33,34)(H,35,36,37). The topological polar surface area (TPSA) is 123 Å². The summed E-state index contributed by atoms with van der Waals surface area (Å²) in [5, 5.41) is 20.6. The Kier molecular flexibility index (Phi) is 6.99. The van der Waals surface area contributed by atoms with Gasteiger partial charge in [-0.2, -0.15) is 5.10 Å². The molecule has 0 bridgehead atoms. The van der Waals surface area contributed by atoms with Crippen LogP contribution in [0, 0.1) is 13.8 Å². The van der Waals surface area contributed by atoms with Crippen LogP contribution in [-0.2, 0) is 19.6 Å². The molecule has 1 fully saturated rings. The number of hydrogen-bond donors (Lipinski definition) is 3. The summed E-state index contributed by atoms with van der Waals surface area (Å²) < 4.78 is 8.04. The van der Waals surface area contributed by atoms with Crippen molar-refractivity contribution < 1.29 is 9.84 Å². The lowest BCUT2D eigenvalue weighted by Crippen LogP contribution is -2.20. The fourth-order valence-electron chi connectivity index (χ4n) is 5.42. The second kappa shape index (κ2) is 10.6. The van der Waals surface area contributed by atoms with E-state index in [0.29, 0.717) is 43.0 Å². The van der Waals surface area contributed by atoms with E-state index in [0.717, 1.165) is 39.7 Å². The largest absolute Gasteiger partial charge is 0.471 e. The quantitative estimate of drug-likeness (QED) is 0.204. The van der Waals surface area contributed by atoms with E-state index in [1.54, 1.807) is 6.20 Å². The smallest absolute Gasteiger partial charge is 0.218 e. The molecule has 0 spiro atoms. The Morgan fingerprint density at radius 1 is 1.07 bits per heavy atom. The van der Waals surface area contributed by atoms with Crippen molar-refractivity contribution in [1.82, 2.24) is 24.6 Å². The number of ether oxygens (including phenoxy) is 1. The van der Waals surface area contributed by atoms with Gasteiger partial charge in [0.15, 0.2) is 0 Å². The van der Waals surface area contributed by atoms with Gasteiger partial charge in [0.25, 0.3) is 0 Å². The lowest BCUT2D eigenvalue weighted by molar-refractivity contribution is 0.0710. The number of hydrogen-bond acceptors (Lipinski definition) is 8. The Morgan fingerprint density at radius 3 is 2.68 bits per heavy atom. The van der Waals surface area contributed by atoms with E-state index < -0.39 is 5.60 Å². The second-order valence-corrected chi connectivity index (χ2v) is 11.8. The number of aryl methyl sites for hydroxylation is 3. The number of pyridine rings is 2. The molecule has 1 saturated carbocycles. The minimum absolute atomic E-state index is 0.292. The zero-order valence-electron chi connectivity index (χ0n) is 24.1. The molecule has 0 aliphatic heterocycles. The monoisotopic (exact) mass is 551 g/mol. The van der Waals surface area contributed by atoms with E-state index in [2.05, 4.69) is 58.4 Å². The van der Waals surface area contributed by atoms with Crippen LogP contribution in [-0.4, -0.2) is 35.3 Å². The van der Waals surface area contributed by atoms with Crippen molar-refractivity contribution in [2.24, 2.45) is 0 Å². The van der Waals surface area contributed by atoms with E-state index in [9.17, 15) is 5.11 Å². The maximum Gasteiger partial charge on any atom is 0.218 e. The average Bonchev–Trinajstić information content (AvgIpc) is 3.70. The van der Waals surface area contributed by atoms with Crippen LogP contribution in [0.5, 0.6) is 5.88 Å². The highest BCUT2D eigenvalue weighted by atomic mass is 16.5. The van der Waals surface area contributed by atoms with Gasteiger partial charge in [0.05, 0.1) is 11.1 Å². The van der Waals surface area contributed by atoms with E-state index in [-0.39, 0.29) is 0 Å². The predicted molar refractivity (Wildman–Crippen MR) is 161 cm³/mol. The summed E-state index contributed by atoms with van der Waals surface area (Å²) in [5.41, 5.74) is 13.2. The molecule has 4 aromatic heterocycles. The number of rotatable bonds is 10. The average molecular weight is 552 g/mol. The summed E-state index contributed by atoms with van der Waals surface area (Å²) >= 11 is 0. The third kappa shape index (κ3) is 5.95. The number of benzene rings is 1. The molecule has 0 atom stereocenters. The first-order chi connectivity index (χ1) is 19.6. The highest BCUT2D eigenvalue weighted by molar-refractivity contribution is 5.94. The molecule has 1 aliphatic carbocycles. The van der Waals surface area contributed by atoms with E-state index >= 15 is 0 Å². The summed E-state index contributed by atoms with van der Waals surface area (Å²) in [4.78, 5) is 12.9. The van der Waals surface area contributed by atoms with Crippen molar-refractivity contribution in [2.75, 3.05) is 11.1 Å². The van der Waals surface area contributed by atoms with Gasteiger partial charge in [-0.1, -0.05) is 0 Å². The van der Waals surface area contributed by atoms with Crippen LogP contribution in [0.1, 0.15) is 72.7 Å². The fourth-order valence-corrected chi connectivity index (χ4v) is 5.42. The molecule has 1 aliphatic rings. The number of nitrogens with two attached hydrogens (primary N) is 1. The molecular weight excluding hydrogens is 514 g/mol. The molecule has 4 N–H and O–H groups in total. The lowest BCUT2D eigenvalue weighted by Gasteiger charge is -2.17. The number of nitrogens with zero attached hydrogens (tertiary/aromatic N) is 5. The van der Waals surface area contributed by atoms with E-state index in [4.69, 9.17) is 15.6 Å². The van der Waals surface area contributed by atoms with Crippen LogP contribution in [0.25, 0.3) is 16.3 Å². The molecule has 0 radical (unpaired) electrons. The molecule has 1 aromatic carbocycles. The van der Waals surface area contributed by atoms with Crippen LogP contribution in [0.3, 0.4) is 0 Å². The molecule has 4 heterocycles. The van der Waals surface area contributed by atoms with Gasteiger partial charge in [-0.3, -0.25) is 0 Å². The first-order valence-electron chi connectivity index (χ1n) is 14.2. The van der Waals surface area contributed by atoms with Crippen LogP contribution < -0.4 is 15.8 Å². The van der Waals surface area contributed by atoms with Gasteiger partial charge in [-0.15, -0.1) is 0 Å². The Labute approximate surface area is 239 Å². The summed E-state index contributed by atoms with van der Waals surface area (Å²) in [5.74, 6) is 2.34. The normalized spacial score (nSPS) is 13.7. The first kappa shape index (κ1) is 27.0. The molecule has 9 nitrogen and oxygen atoms in total. The predicted octanol–water partition coefficient (Wildman–Crippen LogP) is 5.64. The van der Waals surface area contributed by atoms with Gasteiger partial charge in [0.1, 0.15) is 30.3 Å². The molecule has 9 heteroatoms. The van der Waals surface area contributed by atoms with Gasteiger partial charge in [-0.05, 0) is 117 Å². The SMILES string of the molecule is Cc1cc2c(N)nccc2c(C)c1CNc1cc(OCc2cc3cc(C4CC4)cc(CCC(C)(C)O)n3n2)ncn1. The molecule has 5 aromatic rings. The molecule has 0 amide bonds. The number of aliphatic hydroxyl groups is 1. The van der Waals surface area contributed by atoms with Crippen molar-refractivity contribution in [3.05, 3.63) is 82.6 Å². The van der Waals surface area contributed by atoms with Crippen LogP contribution in [0.15, 0.2) is 48.9 Å². The van der Waals surface area contributed by atoms with Crippen LogP contribution >= 0.6 is 0 Å². The zero-order valence-corrected chi connectivity index (χ0v) is 24.1. The third-order valence-electron chi connectivity index (χ3n) is 7.92. The maximum atomic E-state index is 10.3. The maximum absolute atomic E-state index is 10.3. The van der Waals surface area contributed by atoms with Gasteiger partial charge in [0.2, 0.25) is 5.88 Å². The molecule has 0 unspecified atom stereocenters. The van der Waals surface area contributed by atoms with E-state index in [1.807, 2.05) is 30.5 Å². The number of anilines is 2. The van der Waals surface area contributed by atoms with Crippen LogP contribution in [0.4, 0.5) is 11.6 Å². The number of fused-ring (bicyclic) bond motifs is 2. The number of nitrogens with one attached hydrogen (secondary N) is 1. The van der Waals surface area contributed by atoms with Crippen molar-refractivity contribution in [1.29, 1.82) is 0 Å². The third-order valence-corrected chi connectivity index (χ3v) is 7.92. The van der Waals surface area contributed by atoms with Gasteiger partial charge in [0, 0.05) is 29.9 Å². The Morgan fingerprint density at radius 2 is 1.90 bits per heavy atom. The highest BCUT2D eigenvalue weighted by Gasteiger charge is 2.25. The van der Waals surface area contributed by atoms with Gasteiger partial charge >= 0.3 is 0 Å². The summed E-state index contributed by atoms with van der Waals surface area (Å²) in [6, 6.07) is 12.5. The minimum atomic E-state index is -0.725. The lowest BCUT2D eigenvalue weighted by atomic mass is 9.96. The first-order valence-corrected chi connectivity index (χ1v) is 14.2. The van der Waals surface area contributed by atoms with Crippen molar-refractivity contribution in [2.45, 2.75) is 78.0 Å². The summed E-state index contributed by atoms with van der Waals surface area (Å²) in [7, 11) is 0. The van der Waals surface area contributed by atoms with Gasteiger partial charge < -0.3 is 20.9 Å². The van der Waals surface area contributed by atoms with Crippen molar-refractivity contribution in [3.63, 3.8) is 0 Å².